The van der Waals surface area contributed by atoms with Crippen LogP contribution in [0.1, 0.15) is 34.1 Å². The van der Waals surface area contributed by atoms with Crippen LogP contribution in [-0.4, -0.2) is 79.9 Å². The van der Waals surface area contributed by atoms with Crippen molar-refractivity contribution in [1.29, 1.82) is 0 Å². The molecule has 0 saturated carbocycles. The van der Waals surface area contributed by atoms with Gasteiger partial charge in [-0.2, -0.15) is 0 Å². The molecule has 2 amide bonds. The summed E-state index contributed by atoms with van der Waals surface area (Å²) in [6.45, 7) is 14.6. The van der Waals surface area contributed by atoms with Crippen molar-refractivity contribution in [2.45, 2.75) is 40.2 Å². The molecule has 0 aliphatic carbocycles. The molecule has 3 N–H and O–H groups in total. The van der Waals surface area contributed by atoms with Gasteiger partial charge in [0.2, 0.25) is 0 Å². The molecule has 23 heavy (non-hydrogen) atoms. The summed E-state index contributed by atoms with van der Waals surface area (Å²) in [6.07, 6.45) is 0.758. The van der Waals surface area contributed by atoms with Gasteiger partial charge in [0.05, 0.1) is 12.6 Å². The Morgan fingerprint density at radius 2 is 1.83 bits per heavy atom. The topological polar surface area (TPSA) is 67.8 Å². The van der Waals surface area contributed by atoms with E-state index in [9.17, 15) is 9.90 Å². The van der Waals surface area contributed by atoms with Crippen LogP contribution in [0.5, 0.6) is 0 Å². The van der Waals surface area contributed by atoms with Crippen LogP contribution < -0.4 is 10.6 Å². The van der Waals surface area contributed by atoms with Gasteiger partial charge in [0, 0.05) is 39.3 Å². The fraction of sp³-hybridized carbons (Fsp3) is 0.941. The molecule has 1 heterocycles. The van der Waals surface area contributed by atoms with E-state index < -0.39 is 0 Å². The van der Waals surface area contributed by atoms with E-state index in [2.05, 4.69) is 55.2 Å². The Hall–Kier alpha value is -0.850. The van der Waals surface area contributed by atoms with Gasteiger partial charge in [-0.15, -0.1) is 0 Å². The molecule has 0 bridgehead atoms. The van der Waals surface area contributed by atoms with Crippen molar-refractivity contribution < 1.29 is 9.90 Å². The van der Waals surface area contributed by atoms with Crippen LogP contribution >= 0.6 is 0 Å². The predicted octanol–water partition coefficient (Wildman–Crippen LogP) is 0.966. The zero-order valence-electron chi connectivity index (χ0n) is 15.6. The first-order valence-electron chi connectivity index (χ1n) is 8.75. The van der Waals surface area contributed by atoms with Gasteiger partial charge in [0.1, 0.15) is 0 Å². The van der Waals surface area contributed by atoms with Crippen LogP contribution in [0.15, 0.2) is 0 Å². The second-order valence-corrected chi connectivity index (χ2v) is 8.21. The van der Waals surface area contributed by atoms with Crippen LogP contribution in [0.3, 0.4) is 0 Å². The van der Waals surface area contributed by atoms with Crippen LogP contribution in [0.4, 0.5) is 4.79 Å². The molecule has 1 aliphatic rings. The second-order valence-electron chi connectivity index (χ2n) is 8.21. The fourth-order valence-corrected chi connectivity index (χ4v) is 2.94. The van der Waals surface area contributed by atoms with E-state index in [4.69, 9.17) is 0 Å². The lowest BCUT2D eigenvalue weighted by molar-refractivity contribution is 0.138. The van der Waals surface area contributed by atoms with E-state index in [1.807, 2.05) is 0 Å². The van der Waals surface area contributed by atoms with Crippen molar-refractivity contribution in [1.82, 2.24) is 20.4 Å². The molecule has 1 saturated heterocycles. The number of nitrogens with zero attached hydrogens (tertiary/aromatic N) is 2. The molecule has 1 aliphatic heterocycles. The highest BCUT2D eigenvalue weighted by molar-refractivity contribution is 5.74. The number of hydrogen-bond donors (Lipinski definition) is 3. The van der Waals surface area contributed by atoms with E-state index in [1.165, 1.54) is 0 Å². The normalized spacial score (nSPS) is 20.1. The summed E-state index contributed by atoms with van der Waals surface area (Å²) in [5.74, 6) is 0.416. The Morgan fingerprint density at radius 1 is 1.22 bits per heavy atom. The first kappa shape index (κ1) is 20.2. The molecular weight excluding hydrogens is 292 g/mol. The molecule has 0 aromatic rings. The Labute approximate surface area is 141 Å². The van der Waals surface area contributed by atoms with E-state index >= 15 is 0 Å². The summed E-state index contributed by atoms with van der Waals surface area (Å²) in [5, 5.41) is 15.2. The fourth-order valence-electron chi connectivity index (χ4n) is 2.94. The molecule has 2 unspecified atom stereocenters. The van der Waals surface area contributed by atoms with Crippen molar-refractivity contribution in [3.8, 4) is 0 Å². The summed E-state index contributed by atoms with van der Waals surface area (Å²) in [7, 11) is 2.15. The van der Waals surface area contributed by atoms with Crippen LogP contribution in [0.2, 0.25) is 0 Å². The van der Waals surface area contributed by atoms with Crippen molar-refractivity contribution in [3.05, 3.63) is 0 Å². The largest absolute Gasteiger partial charge is 0.394 e. The molecule has 6 nitrogen and oxygen atoms in total. The number of hydrogen-bond acceptors (Lipinski definition) is 4. The molecule has 0 radical (unpaired) electrons. The van der Waals surface area contributed by atoms with E-state index in [0.717, 1.165) is 39.1 Å². The molecule has 1 rings (SSSR count). The Kier molecular flexibility index (Phi) is 8.29. The highest BCUT2D eigenvalue weighted by atomic mass is 16.3. The van der Waals surface area contributed by atoms with E-state index in [0.29, 0.717) is 12.5 Å². The summed E-state index contributed by atoms with van der Waals surface area (Å²) in [6, 6.07) is -0.374. The Morgan fingerprint density at radius 3 is 2.35 bits per heavy atom. The lowest BCUT2D eigenvalue weighted by Crippen LogP contribution is -2.49. The third-order valence-corrected chi connectivity index (χ3v) is 4.19. The van der Waals surface area contributed by atoms with E-state index in [1.54, 1.807) is 0 Å². The maximum Gasteiger partial charge on any atom is 0.315 e. The zero-order chi connectivity index (χ0) is 17.5. The highest BCUT2D eigenvalue weighted by Gasteiger charge is 2.20. The van der Waals surface area contributed by atoms with Gasteiger partial charge < -0.3 is 25.5 Å². The molecule has 1 fully saturated rings. The van der Waals surface area contributed by atoms with Gasteiger partial charge >= 0.3 is 6.03 Å². The number of nitrogens with one attached hydrogen (secondary N) is 2. The number of amides is 2. The van der Waals surface area contributed by atoms with Gasteiger partial charge in [0.15, 0.2) is 0 Å². The smallest absolute Gasteiger partial charge is 0.315 e. The minimum Gasteiger partial charge on any atom is -0.394 e. The standard InChI is InChI=1S/C17H36N4O2/c1-14(12-21-8-6-20(5)7-9-21)11-18-16(23)19-15(13-22)10-17(2,3)4/h14-15,22H,6-13H2,1-5H3,(H2,18,19,23). The first-order valence-corrected chi connectivity index (χ1v) is 8.75. The zero-order valence-corrected chi connectivity index (χ0v) is 15.6. The number of carbonyl (C=O) groups excluding carboxylic acids is 1. The first-order chi connectivity index (χ1) is 10.7. The highest BCUT2D eigenvalue weighted by Crippen LogP contribution is 2.20. The third kappa shape index (κ3) is 9.13. The molecule has 136 valence electrons. The summed E-state index contributed by atoms with van der Waals surface area (Å²) >= 11 is 0. The van der Waals surface area contributed by atoms with Gasteiger partial charge in [-0.25, -0.2) is 4.79 Å². The van der Waals surface area contributed by atoms with Gasteiger partial charge in [-0.3, -0.25) is 0 Å². The molecule has 2 atom stereocenters. The Bertz CT molecular complexity index is 349. The number of urea groups is 1. The lowest BCUT2D eigenvalue weighted by atomic mass is 9.88. The second kappa shape index (κ2) is 9.45. The van der Waals surface area contributed by atoms with Crippen molar-refractivity contribution in [3.63, 3.8) is 0 Å². The number of piperazine rings is 1. The van der Waals surface area contributed by atoms with Gasteiger partial charge in [0.25, 0.3) is 0 Å². The van der Waals surface area contributed by atoms with Crippen LogP contribution in [0, 0.1) is 11.3 Å². The minimum atomic E-state index is -0.192. The quantitative estimate of drug-likeness (QED) is 0.651. The maximum absolute atomic E-state index is 12.0. The number of rotatable bonds is 7. The summed E-state index contributed by atoms with van der Waals surface area (Å²) in [5.41, 5.74) is 0.0788. The maximum atomic E-state index is 12.0. The lowest BCUT2D eigenvalue weighted by Gasteiger charge is -2.34. The van der Waals surface area contributed by atoms with Crippen LogP contribution in [0.25, 0.3) is 0 Å². The van der Waals surface area contributed by atoms with Crippen molar-refractivity contribution in [2.75, 3.05) is 52.9 Å². The monoisotopic (exact) mass is 328 g/mol. The minimum absolute atomic E-state index is 0.0263. The van der Waals surface area contributed by atoms with Gasteiger partial charge in [-0.1, -0.05) is 27.7 Å². The number of carbonyl (C=O) groups is 1. The molecule has 0 aromatic carbocycles. The summed E-state index contributed by atoms with van der Waals surface area (Å²) < 4.78 is 0. The average molecular weight is 329 g/mol. The van der Waals surface area contributed by atoms with Crippen molar-refractivity contribution in [2.24, 2.45) is 11.3 Å². The SMILES string of the molecule is CC(CNC(=O)NC(CO)CC(C)(C)C)CN1CCN(C)CC1. The summed E-state index contributed by atoms with van der Waals surface area (Å²) in [4.78, 5) is 16.8. The van der Waals surface area contributed by atoms with Crippen LogP contribution in [-0.2, 0) is 0 Å². The molecule has 0 aromatic heterocycles. The van der Waals surface area contributed by atoms with Gasteiger partial charge in [-0.05, 0) is 24.8 Å². The number of aliphatic hydroxyl groups is 1. The molecular formula is C17H36N4O2. The van der Waals surface area contributed by atoms with Crippen molar-refractivity contribution >= 4 is 6.03 Å². The molecule has 6 heteroatoms. The Balaban J connectivity index is 2.23. The third-order valence-electron chi connectivity index (χ3n) is 4.19. The number of aliphatic hydroxyl groups excluding tert-OH is 1. The number of likely N-dealkylation sites (N-methyl/N-ethyl adjacent to an activating group) is 1. The average Bonchev–Trinajstić information content (AvgIpc) is 2.45. The molecule has 0 spiro atoms. The van der Waals surface area contributed by atoms with E-state index in [-0.39, 0.29) is 24.1 Å². The predicted molar refractivity (Wildman–Crippen MR) is 94.6 cm³/mol.